The molecule has 0 aliphatic carbocycles. The number of phenols is 1. The van der Waals surface area contributed by atoms with E-state index in [2.05, 4.69) is 49.0 Å². The number of halogens is 2. The average Bonchev–Trinajstić information content (AvgIpc) is 3.49. The first-order valence-electron chi connectivity index (χ1n) is 11.2. The Morgan fingerprint density at radius 3 is 2.66 bits per heavy atom. The lowest BCUT2D eigenvalue weighted by molar-refractivity contribution is -0.128. The Morgan fingerprint density at radius 1 is 1.06 bits per heavy atom. The predicted octanol–water partition coefficient (Wildman–Crippen LogP) is 6.31. The minimum atomic E-state index is -0.295. The summed E-state index contributed by atoms with van der Waals surface area (Å²) < 4.78 is 12.2. The minimum Gasteiger partial charge on any atom is -0.506 e. The fourth-order valence-electron chi connectivity index (χ4n) is 4.85. The third kappa shape index (κ3) is 3.90. The van der Waals surface area contributed by atoms with Crippen LogP contribution in [-0.4, -0.2) is 34.2 Å². The second kappa shape index (κ2) is 8.77. The van der Waals surface area contributed by atoms with Crippen LogP contribution < -0.4 is 9.47 Å². The van der Waals surface area contributed by atoms with Crippen LogP contribution in [0.5, 0.6) is 17.2 Å². The zero-order valence-corrected chi connectivity index (χ0v) is 21.6. The fourth-order valence-corrected chi connectivity index (χ4v) is 6.07. The number of aromatic nitrogens is 1. The molecule has 2 aliphatic rings. The quantitative estimate of drug-likeness (QED) is 0.272. The highest BCUT2D eigenvalue weighted by Crippen LogP contribution is 2.42. The van der Waals surface area contributed by atoms with Gasteiger partial charge >= 0.3 is 0 Å². The van der Waals surface area contributed by atoms with Crippen LogP contribution in [0.25, 0.3) is 17.0 Å². The van der Waals surface area contributed by atoms with E-state index in [1.54, 1.807) is 24.3 Å². The second-order valence-electron chi connectivity index (χ2n) is 8.53. The molecule has 0 saturated carbocycles. The Morgan fingerprint density at radius 2 is 1.83 bits per heavy atom. The number of para-hydroxylation sites is 1. The van der Waals surface area contributed by atoms with E-state index < -0.39 is 0 Å². The van der Waals surface area contributed by atoms with Gasteiger partial charge in [0.2, 0.25) is 12.7 Å². The van der Waals surface area contributed by atoms with Crippen molar-refractivity contribution in [1.82, 2.24) is 9.88 Å². The highest BCUT2D eigenvalue weighted by molar-refractivity contribution is 9.11. The molecule has 3 aromatic carbocycles. The van der Waals surface area contributed by atoms with E-state index in [1.165, 1.54) is 10.9 Å². The Balaban J connectivity index is 1.41. The van der Waals surface area contributed by atoms with E-state index in [0.29, 0.717) is 27.0 Å². The van der Waals surface area contributed by atoms with Gasteiger partial charge in [0.1, 0.15) is 5.75 Å². The zero-order chi connectivity index (χ0) is 24.1. The van der Waals surface area contributed by atoms with Gasteiger partial charge in [-0.3, -0.25) is 4.79 Å². The standard InChI is InChI=1S/C27H20Br2N2O4/c28-19-11-15(12-20(29)27(19)33)5-8-24(32)31-10-9-18-17-3-1-2-4-21(17)30-25(18)26(31)16-6-7-22-23(13-16)35-14-34-22/h1-8,11-13,26,30,33H,9-10,14H2. The number of aromatic amines is 1. The van der Waals surface area contributed by atoms with Gasteiger partial charge in [-0.1, -0.05) is 24.3 Å². The molecule has 0 saturated heterocycles. The number of H-pyrrole nitrogens is 1. The van der Waals surface area contributed by atoms with Crippen molar-refractivity contribution >= 4 is 54.7 Å². The number of phenolic OH excluding ortho intramolecular Hbond substituents is 1. The van der Waals surface area contributed by atoms with Crippen molar-refractivity contribution in [3.8, 4) is 17.2 Å². The first kappa shape index (κ1) is 22.2. The number of carbonyl (C=O) groups is 1. The Hall–Kier alpha value is -3.23. The van der Waals surface area contributed by atoms with Crippen molar-refractivity contribution in [2.75, 3.05) is 13.3 Å². The molecular formula is C27H20Br2N2O4. The number of aromatic hydroxyl groups is 1. The molecule has 35 heavy (non-hydrogen) atoms. The summed E-state index contributed by atoms with van der Waals surface area (Å²) >= 11 is 6.69. The molecular weight excluding hydrogens is 576 g/mol. The molecule has 2 aliphatic heterocycles. The topological polar surface area (TPSA) is 74.8 Å². The summed E-state index contributed by atoms with van der Waals surface area (Å²) in [5, 5.41) is 11.2. The number of rotatable bonds is 3. The average molecular weight is 596 g/mol. The van der Waals surface area contributed by atoms with Gasteiger partial charge in [0.05, 0.1) is 15.0 Å². The van der Waals surface area contributed by atoms with E-state index in [-0.39, 0.29) is 24.5 Å². The maximum absolute atomic E-state index is 13.5. The number of amides is 1. The molecule has 0 radical (unpaired) electrons. The number of ether oxygens (including phenoxy) is 2. The lowest BCUT2D eigenvalue weighted by Gasteiger charge is -2.35. The van der Waals surface area contributed by atoms with E-state index in [1.807, 2.05) is 35.2 Å². The molecule has 3 heterocycles. The number of hydrogen-bond acceptors (Lipinski definition) is 4. The summed E-state index contributed by atoms with van der Waals surface area (Å²) in [6.07, 6.45) is 4.10. The Kier molecular flexibility index (Phi) is 5.57. The SMILES string of the molecule is O=C(C=Cc1cc(Br)c(O)c(Br)c1)N1CCc2c([nH]c3ccccc23)C1c1ccc2c(c1)OCO2. The van der Waals surface area contributed by atoms with Gasteiger partial charge in [-0.2, -0.15) is 0 Å². The maximum Gasteiger partial charge on any atom is 0.247 e. The van der Waals surface area contributed by atoms with Gasteiger partial charge in [0.25, 0.3) is 0 Å². The summed E-state index contributed by atoms with van der Waals surface area (Å²) in [6, 6.07) is 17.4. The Labute approximate surface area is 218 Å². The molecule has 6 nitrogen and oxygen atoms in total. The van der Waals surface area contributed by atoms with Crippen molar-refractivity contribution in [1.29, 1.82) is 0 Å². The van der Waals surface area contributed by atoms with Crippen LogP contribution in [0, 0.1) is 0 Å². The number of nitrogens with one attached hydrogen (secondary N) is 1. The first-order valence-corrected chi connectivity index (χ1v) is 12.7. The summed E-state index contributed by atoms with van der Waals surface area (Å²) in [6.45, 7) is 0.782. The van der Waals surface area contributed by atoms with Crippen LogP contribution in [0.15, 0.2) is 69.6 Å². The monoisotopic (exact) mass is 594 g/mol. The van der Waals surface area contributed by atoms with Gasteiger partial charge in [0.15, 0.2) is 11.5 Å². The van der Waals surface area contributed by atoms with Crippen LogP contribution in [-0.2, 0) is 11.2 Å². The summed E-state index contributed by atoms with van der Waals surface area (Å²) in [4.78, 5) is 19.0. The van der Waals surface area contributed by atoms with Crippen molar-refractivity contribution in [3.05, 3.63) is 92.0 Å². The predicted molar refractivity (Wildman–Crippen MR) is 141 cm³/mol. The molecule has 8 heteroatoms. The zero-order valence-electron chi connectivity index (χ0n) is 18.4. The van der Waals surface area contributed by atoms with Crippen LogP contribution in [0.4, 0.5) is 0 Å². The van der Waals surface area contributed by atoms with E-state index >= 15 is 0 Å². The smallest absolute Gasteiger partial charge is 0.247 e. The highest BCUT2D eigenvalue weighted by Gasteiger charge is 2.34. The van der Waals surface area contributed by atoms with Gasteiger partial charge < -0.3 is 24.5 Å². The number of carbonyl (C=O) groups excluding carboxylic acids is 1. The highest BCUT2D eigenvalue weighted by atomic mass is 79.9. The molecule has 6 rings (SSSR count). The number of benzene rings is 3. The molecule has 1 aromatic heterocycles. The van der Waals surface area contributed by atoms with Crippen molar-refractivity contribution in [3.63, 3.8) is 0 Å². The molecule has 0 fully saturated rings. The van der Waals surface area contributed by atoms with E-state index in [4.69, 9.17) is 9.47 Å². The molecule has 1 atom stereocenters. The van der Waals surface area contributed by atoms with Gasteiger partial charge in [-0.15, -0.1) is 0 Å². The third-order valence-electron chi connectivity index (χ3n) is 6.49. The summed E-state index contributed by atoms with van der Waals surface area (Å²) in [5.41, 5.74) is 5.07. The van der Waals surface area contributed by atoms with Crippen molar-refractivity contribution < 1.29 is 19.4 Å². The normalized spacial score (nSPS) is 16.7. The van der Waals surface area contributed by atoms with Gasteiger partial charge in [-0.05, 0) is 91.4 Å². The molecule has 0 bridgehead atoms. The largest absolute Gasteiger partial charge is 0.506 e. The van der Waals surface area contributed by atoms with Crippen LogP contribution in [0.2, 0.25) is 0 Å². The first-order chi connectivity index (χ1) is 17.0. The number of fused-ring (bicyclic) bond motifs is 4. The third-order valence-corrected chi connectivity index (χ3v) is 7.70. The van der Waals surface area contributed by atoms with Gasteiger partial charge in [0, 0.05) is 29.2 Å². The summed E-state index contributed by atoms with van der Waals surface area (Å²) in [5.74, 6) is 1.42. The molecule has 176 valence electrons. The fraction of sp³-hybridized carbons (Fsp3) is 0.148. The van der Waals surface area contributed by atoms with Crippen molar-refractivity contribution in [2.45, 2.75) is 12.5 Å². The van der Waals surface area contributed by atoms with E-state index in [0.717, 1.165) is 28.8 Å². The van der Waals surface area contributed by atoms with Crippen LogP contribution >= 0.6 is 31.9 Å². The lowest BCUT2D eigenvalue weighted by Crippen LogP contribution is -2.39. The maximum atomic E-state index is 13.5. The molecule has 1 unspecified atom stereocenters. The molecule has 4 aromatic rings. The lowest BCUT2D eigenvalue weighted by atomic mass is 9.92. The second-order valence-corrected chi connectivity index (χ2v) is 10.2. The number of hydrogen-bond donors (Lipinski definition) is 2. The summed E-state index contributed by atoms with van der Waals surface area (Å²) in [7, 11) is 0. The van der Waals surface area contributed by atoms with Crippen LogP contribution in [0.3, 0.4) is 0 Å². The molecule has 2 N–H and O–H groups in total. The number of nitrogens with zero attached hydrogens (tertiary/aromatic N) is 1. The Bertz CT molecular complexity index is 1490. The van der Waals surface area contributed by atoms with E-state index in [9.17, 15) is 9.90 Å². The van der Waals surface area contributed by atoms with Crippen LogP contribution in [0.1, 0.15) is 28.4 Å². The van der Waals surface area contributed by atoms with Gasteiger partial charge in [-0.25, -0.2) is 0 Å². The molecule has 1 amide bonds. The van der Waals surface area contributed by atoms with Crippen molar-refractivity contribution in [2.24, 2.45) is 0 Å². The minimum absolute atomic E-state index is 0.0997. The molecule has 0 spiro atoms.